The molecule has 5 nitrogen and oxygen atoms in total. The number of nitrogens with one attached hydrogen (secondary N) is 1. The van der Waals surface area contributed by atoms with E-state index < -0.39 is 4.92 Å². The third kappa shape index (κ3) is 2.85. The van der Waals surface area contributed by atoms with Crippen molar-refractivity contribution in [3.8, 4) is 0 Å². The number of nitrogens with zero attached hydrogens (tertiary/aromatic N) is 2. The molecule has 0 aliphatic rings. The van der Waals surface area contributed by atoms with E-state index >= 15 is 0 Å². The van der Waals surface area contributed by atoms with Crippen molar-refractivity contribution in [1.29, 1.82) is 0 Å². The summed E-state index contributed by atoms with van der Waals surface area (Å²) in [5.74, 6) is 0. The fourth-order valence-electron chi connectivity index (χ4n) is 0.900. The number of nitro groups is 1. The highest BCUT2D eigenvalue weighted by molar-refractivity contribution is 5.59. The van der Waals surface area contributed by atoms with E-state index in [1.54, 1.807) is 18.3 Å². The maximum Gasteiger partial charge on any atom is 0.271 e. The van der Waals surface area contributed by atoms with Crippen molar-refractivity contribution in [2.45, 2.75) is 13.3 Å². The van der Waals surface area contributed by atoms with Gasteiger partial charge in [-0.1, -0.05) is 13.0 Å². The van der Waals surface area contributed by atoms with Gasteiger partial charge in [0, 0.05) is 18.3 Å². The molecule has 0 bridgehead atoms. The first-order valence-electron chi connectivity index (χ1n) is 4.26. The van der Waals surface area contributed by atoms with Crippen LogP contribution in [0.1, 0.15) is 13.3 Å². The van der Waals surface area contributed by atoms with Crippen LogP contribution < -0.4 is 5.43 Å². The largest absolute Gasteiger partial charge is 0.279 e. The molecule has 1 aromatic carbocycles. The van der Waals surface area contributed by atoms with Crippen molar-refractivity contribution >= 4 is 17.6 Å². The summed E-state index contributed by atoms with van der Waals surface area (Å²) < 4.78 is 0. The van der Waals surface area contributed by atoms with Crippen molar-refractivity contribution in [1.82, 2.24) is 0 Å². The molecule has 0 amide bonds. The predicted molar refractivity (Wildman–Crippen MR) is 55.5 cm³/mol. The van der Waals surface area contributed by atoms with Gasteiger partial charge in [0.1, 0.15) is 0 Å². The maximum absolute atomic E-state index is 10.4. The summed E-state index contributed by atoms with van der Waals surface area (Å²) in [6.45, 7) is 1.96. The van der Waals surface area contributed by atoms with E-state index in [-0.39, 0.29) is 5.69 Å². The lowest BCUT2D eigenvalue weighted by atomic mass is 10.3. The Kier molecular flexibility index (Phi) is 3.60. The van der Waals surface area contributed by atoms with Crippen molar-refractivity contribution in [2.24, 2.45) is 5.10 Å². The summed E-state index contributed by atoms with van der Waals surface area (Å²) in [6.07, 6.45) is 2.51. The first kappa shape index (κ1) is 10.2. The van der Waals surface area contributed by atoms with E-state index in [1.807, 2.05) is 6.92 Å². The van der Waals surface area contributed by atoms with Crippen LogP contribution in [-0.2, 0) is 0 Å². The topological polar surface area (TPSA) is 67.5 Å². The summed E-state index contributed by atoms with van der Waals surface area (Å²) in [5, 5.41) is 14.3. The average Bonchev–Trinajstić information content (AvgIpc) is 2.19. The van der Waals surface area contributed by atoms with Gasteiger partial charge >= 0.3 is 0 Å². The van der Waals surface area contributed by atoms with Gasteiger partial charge in [0.2, 0.25) is 0 Å². The van der Waals surface area contributed by atoms with Gasteiger partial charge in [0.05, 0.1) is 10.6 Å². The highest BCUT2D eigenvalue weighted by atomic mass is 16.6. The summed E-state index contributed by atoms with van der Waals surface area (Å²) in [5.41, 5.74) is 3.38. The minimum absolute atomic E-state index is 0.0571. The van der Waals surface area contributed by atoms with Gasteiger partial charge in [-0.25, -0.2) is 0 Å². The fraction of sp³-hybridized carbons (Fsp3) is 0.222. The van der Waals surface area contributed by atoms with Gasteiger partial charge in [-0.15, -0.1) is 0 Å². The number of rotatable bonds is 4. The summed E-state index contributed by atoms with van der Waals surface area (Å²) in [6, 6.07) is 6.21. The molecule has 74 valence electrons. The van der Waals surface area contributed by atoms with Crippen LogP contribution in [0.25, 0.3) is 0 Å². The summed E-state index contributed by atoms with van der Waals surface area (Å²) in [4.78, 5) is 9.99. The van der Waals surface area contributed by atoms with Crippen molar-refractivity contribution in [3.05, 3.63) is 34.4 Å². The Balaban J connectivity index is 2.73. The lowest BCUT2D eigenvalue weighted by Gasteiger charge is -1.98. The molecule has 1 aromatic rings. The summed E-state index contributed by atoms with van der Waals surface area (Å²) >= 11 is 0. The molecule has 0 fully saturated rings. The number of hydrogen-bond donors (Lipinski definition) is 1. The quantitative estimate of drug-likeness (QED) is 0.453. The van der Waals surface area contributed by atoms with Gasteiger partial charge in [-0.3, -0.25) is 15.5 Å². The van der Waals surface area contributed by atoms with Crippen molar-refractivity contribution in [2.75, 3.05) is 5.43 Å². The molecule has 0 aromatic heterocycles. The summed E-state index contributed by atoms with van der Waals surface area (Å²) in [7, 11) is 0. The Morgan fingerprint density at radius 2 is 2.43 bits per heavy atom. The monoisotopic (exact) mass is 193 g/mol. The smallest absolute Gasteiger partial charge is 0.271 e. The molecule has 0 atom stereocenters. The molecule has 0 spiro atoms. The normalized spacial score (nSPS) is 10.4. The minimum Gasteiger partial charge on any atom is -0.279 e. The van der Waals surface area contributed by atoms with Gasteiger partial charge in [0.15, 0.2) is 0 Å². The molecule has 0 saturated carbocycles. The lowest BCUT2D eigenvalue weighted by Crippen LogP contribution is -1.91. The van der Waals surface area contributed by atoms with Crippen molar-refractivity contribution in [3.63, 3.8) is 0 Å². The van der Waals surface area contributed by atoms with Crippen LogP contribution in [-0.4, -0.2) is 11.1 Å². The highest BCUT2D eigenvalue weighted by Gasteiger charge is 2.04. The van der Waals surface area contributed by atoms with E-state index in [0.717, 1.165) is 6.42 Å². The number of anilines is 1. The van der Waals surface area contributed by atoms with E-state index in [0.29, 0.717) is 5.69 Å². The maximum atomic E-state index is 10.4. The average molecular weight is 193 g/mol. The van der Waals surface area contributed by atoms with Gasteiger partial charge < -0.3 is 0 Å². The van der Waals surface area contributed by atoms with Crippen LogP contribution >= 0.6 is 0 Å². The Hall–Kier alpha value is -1.91. The van der Waals surface area contributed by atoms with Crippen LogP contribution in [0.3, 0.4) is 0 Å². The molecular weight excluding hydrogens is 182 g/mol. The zero-order chi connectivity index (χ0) is 10.4. The zero-order valence-corrected chi connectivity index (χ0v) is 7.80. The number of non-ortho nitro benzene ring substituents is 1. The van der Waals surface area contributed by atoms with E-state index in [9.17, 15) is 10.1 Å². The van der Waals surface area contributed by atoms with Crippen molar-refractivity contribution < 1.29 is 4.92 Å². The molecule has 1 N–H and O–H groups in total. The lowest BCUT2D eigenvalue weighted by molar-refractivity contribution is -0.384. The molecule has 1 rings (SSSR count). The van der Waals surface area contributed by atoms with Crippen LogP contribution in [0, 0.1) is 10.1 Å². The zero-order valence-electron chi connectivity index (χ0n) is 7.80. The van der Waals surface area contributed by atoms with Crippen LogP contribution in [0.15, 0.2) is 29.4 Å². The number of nitro benzene ring substituents is 1. The fourth-order valence-corrected chi connectivity index (χ4v) is 0.900. The van der Waals surface area contributed by atoms with E-state index in [4.69, 9.17) is 0 Å². The first-order chi connectivity index (χ1) is 6.74. The predicted octanol–water partition coefficient (Wildman–Crippen LogP) is 2.40. The Morgan fingerprint density at radius 3 is 3.07 bits per heavy atom. The second-order valence-electron chi connectivity index (χ2n) is 2.64. The number of hydrazone groups is 1. The van der Waals surface area contributed by atoms with Gasteiger partial charge in [-0.2, -0.15) is 5.10 Å². The van der Waals surface area contributed by atoms with Gasteiger partial charge in [-0.05, 0) is 12.5 Å². The SMILES string of the molecule is CC/C=N\Nc1cccc([N+](=O)[O-])c1. The first-order valence-corrected chi connectivity index (χ1v) is 4.26. The second-order valence-corrected chi connectivity index (χ2v) is 2.64. The molecule has 14 heavy (non-hydrogen) atoms. The Morgan fingerprint density at radius 1 is 1.64 bits per heavy atom. The van der Waals surface area contributed by atoms with Crippen LogP contribution in [0.5, 0.6) is 0 Å². The molecule has 0 unspecified atom stereocenters. The van der Waals surface area contributed by atoms with Crippen LogP contribution in [0.2, 0.25) is 0 Å². The van der Waals surface area contributed by atoms with E-state index in [1.165, 1.54) is 12.1 Å². The molecule has 0 aliphatic carbocycles. The molecule has 0 aliphatic heterocycles. The minimum atomic E-state index is -0.436. The molecule has 5 heteroatoms. The molecule has 0 radical (unpaired) electrons. The Bertz CT molecular complexity index is 350. The molecule has 0 saturated heterocycles. The van der Waals surface area contributed by atoms with Crippen LogP contribution in [0.4, 0.5) is 11.4 Å². The van der Waals surface area contributed by atoms with E-state index in [2.05, 4.69) is 10.5 Å². The standard InChI is InChI=1S/C9H11N3O2/c1-2-6-10-11-8-4-3-5-9(7-8)12(13)14/h3-7,11H,2H2,1H3/b10-6-. The Labute approximate surface area is 81.6 Å². The number of benzene rings is 1. The molecule has 0 heterocycles. The molecular formula is C9H11N3O2. The third-order valence-corrected chi connectivity index (χ3v) is 1.52. The van der Waals surface area contributed by atoms with Gasteiger partial charge in [0.25, 0.3) is 5.69 Å². The highest BCUT2D eigenvalue weighted by Crippen LogP contribution is 2.16. The number of hydrogen-bond acceptors (Lipinski definition) is 4. The third-order valence-electron chi connectivity index (χ3n) is 1.52. The second kappa shape index (κ2) is 4.96.